The van der Waals surface area contributed by atoms with E-state index in [-0.39, 0.29) is 17.3 Å². The summed E-state index contributed by atoms with van der Waals surface area (Å²) in [6.07, 6.45) is 2.14. The Morgan fingerprint density at radius 3 is 2.12 bits per heavy atom. The summed E-state index contributed by atoms with van der Waals surface area (Å²) in [5.74, 6) is -1.18. The Hall–Kier alpha value is -6.00. The van der Waals surface area contributed by atoms with Gasteiger partial charge < -0.3 is 16.0 Å². The number of hydrogen-bond acceptors (Lipinski definition) is 6. The lowest BCUT2D eigenvalue weighted by Crippen LogP contribution is -2.30. The second-order valence-electron chi connectivity index (χ2n) is 11.1. The standard InChI is InChI=1S/C39H34N4O5S/c1-3-36(39(46)41-34-22-21-32(43(47)48)23-26(34)2)49-33-16-10-15-31(25-33)40-38(45)35(42-37(44)30-13-8-5-9-14-30)24-27-17-19-29(20-18-27)28-11-6-4-7-12-28/h4-25,36H,3H2,1-2H3,(H,40,45)(H,41,46)(H,42,44)/b35-24+. The Morgan fingerprint density at radius 2 is 1.47 bits per heavy atom. The van der Waals surface area contributed by atoms with Crippen molar-refractivity contribution in [1.29, 1.82) is 0 Å². The van der Waals surface area contributed by atoms with Crippen LogP contribution >= 0.6 is 11.8 Å². The van der Waals surface area contributed by atoms with Crippen molar-refractivity contribution in [2.75, 3.05) is 10.6 Å². The lowest BCUT2D eigenvalue weighted by molar-refractivity contribution is -0.384. The zero-order chi connectivity index (χ0) is 34.8. The number of nitrogens with zero attached hydrogens (tertiary/aromatic N) is 1. The fourth-order valence-electron chi connectivity index (χ4n) is 4.96. The number of thioether (sulfide) groups is 1. The van der Waals surface area contributed by atoms with Crippen molar-refractivity contribution in [3.63, 3.8) is 0 Å². The van der Waals surface area contributed by atoms with Crippen LogP contribution in [0.4, 0.5) is 17.1 Å². The highest BCUT2D eigenvalue weighted by Crippen LogP contribution is 2.30. The highest BCUT2D eigenvalue weighted by molar-refractivity contribution is 8.00. The first-order chi connectivity index (χ1) is 23.7. The number of benzene rings is 5. The van der Waals surface area contributed by atoms with Crippen molar-refractivity contribution in [1.82, 2.24) is 5.32 Å². The van der Waals surface area contributed by atoms with Gasteiger partial charge in [0, 0.05) is 34.0 Å². The zero-order valence-corrected chi connectivity index (χ0v) is 27.7. The van der Waals surface area contributed by atoms with Crippen LogP contribution in [0.2, 0.25) is 0 Å². The van der Waals surface area contributed by atoms with Crippen LogP contribution in [0.5, 0.6) is 0 Å². The topological polar surface area (TPSA) is 130 Å². The minimum atomic E-state index is -0.517. The fourth-order valence-corrected chi connectivity index (χ4v) is 5.97. The average Bonchev–Trinajstić information content (AvgIpc) is 3.12. The van der Waals surface area contributed by atoms with Gasteiger partial charge in [0.05, 0.1) is 10.2 Å². The number of amides is 3. The van der Waals surface area contributed by atoms with Crippen molar-refractivity contribution in [3.8, 4) is 11.1 Å². The van der Waals surface area contributed by atoms with Gasteiger partial charge in [0.1, 0.15) is 5.70 Å². The summed E-state index contributed by atoms with van der Waals surface area (Å²) in [5, 5.41) is 19.2. The number of hydrogen-bond donors (Lipinski definition) is 3. The van der Waals surface area contributed by atoms with E-state index in [9.17, 15) is 24.5 Å². The first-order valence-corrected chi connectivity index (χ1v) is 16.5. The molecule has 1 unspecified atom stereocenters. The molecule has 1 atom stereocenters. The molecule has 0 heterocycles. The number of anilines is 2. The van der Waals surface area contributed by atoms with Gasteiger partial charge in [-0.3, -0.25) is 24.5 Å². The Morgan fingerprint density at radius 1 is 0.796 bits per heavy atom. The number of carbonyl (C=O) groups is 3. The predicted octanol–water partition coefficient (Wildman–Crippen LogP) is 8.49. The van der Waals surface area contributed by atoms with Crippen LogP contribution < -0.4 is 16.0 Å². The summed E-state index contributed by atoms with van der Waals surface area (Å²) < 4.78 is 0. The Kier molecular flexibility index (Phi) is 11.4. The third-order valence-corrected chi connectivity index (χ3v) is 8.93. The Bertz CT molecular complexity index is 2000. The van der Waals surface area contributed by atoms with Crippen LogP contribution in [0, 0.1) is 17.0 Å². The van der Waals surface area contributed by atoms with Gasteiger partial charge in [-0.1, -0.05) is 85.8 Å². The fraction of sp³-hybridized carbons (Fsp3) is 0.103. The summed E-state index contributed by atoms with van der Waals surface area (Å²) >= 11 is 1.33. The molecular weight excluding hydrogens is 637 g/mol. The molecule has 49 heavy (non-hydrogen) atoms. The second kappa shape index (κ2) is 16.2. The number of carbonyl (C=O) groups excluding carboxylic acids is 3. The molecule has 0 saturated carbocycles. The molecule has 5 aromatic carbocycles. The summed E-state index contributed by atoms with van der Waals surface area (Å²) in [6.45, 7) is 3.60. The van der Waals surface area contributed by atoms with E-state index in [0.29, 0.717) is 28.9 Å². The largest absolute Gasteiger partial charge is 0.325 e. The van der Waals surface area contributed by atoms with Crippen molar-refractivity contribution in [2.24, 2.45) is 0 Å². The van der Waals surface area contributed by atoms with E-state index < -0.39 is 22.0 Å². The molecule has 0 aliphatic carbocycles. The molecule has 5 aromatic rings. The van der Waals surface area contributed by atoms with Gasteiger partial charge in [-0.15, -0.1) is 11.8 Å². The molecule has 246 valence electrons. The van der Waals surface area contributed by atoms with Crippen molar-refractivity contribution in [3.05, 3.63) is 160 Å². The molecule has 0 aliphatic heterocycles. The van der Waals surface area contributed by atoms with Crippen LogP contribution in [0.15, 0.2) is 138 Å². The number of non-ortho nitro benzene ring substituents is 1. The van der Waals surface area contributed by atoms with Crippen molar-refractivity contribution < 1.29 is 19.3 Å². The smallest absolute Gasteiger partial charge is 0.272 e. The van der Waals surface area contributed by atoms with Crippen LogP contribution in [0.25, 0.3) is 17.2 Å². The number of rotatable bonds is 12. The van der Waals surface area contributed by atoms with Gasteiger partial charge in [-0.25, -0.2) is 0 Å². The summed E-state index contributed by atoms with van der Waals surface area (Å²) in [7, 11) is 0. The maximum Gasteiger partial charge on any atom is 0.272 e. The van der Waals surface area contributed by atoms with Gasteiger partial charge in [-0.05, 0) is 78.1 Å². The van der Waals surface area contributed by atoms with E-state index in [1.54, 1.807) is 55.5 Å². The number of nitrogens with one attached hydrogen (secondary N) is 3. The average molecular weight is 671 g/mol. The lowest BCUT2D eigenvalue weighted by Gasteiger charge is -2.17. The Balaban J connectivity index is 1.32. The molecule has 0 fully saturated rings. The van der Waals surface area contributed by atoms with Crippen molar-refractivity contribution >= 4 is 52.6 Å². The molecule has 0 saturated heterocycles. The molecule has 0 aliphatic rings. The van der Waals surface area contributed by atoms with Gasteiger partial charge in [0.25, 0.3) is 17.5 Å². The second-order valence-corrected chi connectivity index (χ2v) is 12.4. The first-order valence-electron chi connectivity index (χ1n) is 15.6. The van der Waals surface area contributed by atoms with E-state index >= 15 is 0 Å². The number of nitro benzene ring substituents is 1. The maximum absolute atomic E-state index is 13.7. The molecule has 0 spiro atoms. The lowest BCUT2D eigenvalue weighted by atomic mass is 10.0. The molecule has 0 aromatic heterocycles. The molecule has 10 heteroatoms. The van der Waals surface area contributed by atoms with E-state index in [4.69, 9.17) is 0 Å². The van der Waals surface area contributed by atoms with Gasteiger partial charge >= 0.3 is 0 Å². The highest BCUT2D eigenvalue weighted by atomic mass is 32.2. The van der Waals surface area contributed by atoms with Crippen LogP contribution in [0.1, 0.15) is 34.8 Å². The molecule has 0 radical (unpaired) electrons. The summed E-state index contributed by atoms with van der Waals surface area (Å²) in [4.78, 5) is 51.3. The molecule has 5 rings (SSSR count). The molecule has 3 N–H and O–H groups in total. The summed E-state index contributed by atoms with van der Waals surface area (Å²) in [5.41, 5.74) is 4.80. The molecule has 9 nitrogen and oxygen atoms in total. The zero-order valence-electron chi connectivity index (χ0n) is 26.9. The Labute approximate surface area is 288 Å². The van der Waals surface area contributed by atoms with Crippen LogP contribution in [0.3, 0.4) is 0 Å². The normalized spacial score (nSPS) is 11.7. The van der Waals surface area contributed by atoms with E-state index in [1.165, 1.54) is 30.0 Å². The monoisotopic (exact) mass is 670 g/mol. The van der Waals surface area contributed by atoms with Crippen molar-refractivity contribution in [2.45, 2.75) is 30.4 Å². The van der Waals surface area contributed by atoms with E-state index in [2.05, 4.69) is 16.0 Å². The minimum Gasteiger partial charge on any atom is -0.325 e. The predicted molar refractivity (Wildman–Crippen MR) is 195 cm³/mol. The minimum absolute atomic E-state index is 0.0469. The van der Waals surface area contributed by atoms with Gasteiger partial charge in [0.15, 0.2) is 0 Å². The quantitative estimate of drug-likeness (QED) is 0.0528. The van der Waals surface area contributed by atoms with E-state index in [0.717, 1.165) is 21.6 Å². The van der Waals surface area contributed by atoms with Gasteiger partial charge in [-0.2, -0.15) is 0 Å². The molecule has 0 bridgehead atoms. The third kappa shape index (κ3) is 9.30. The van der Waals surface area contributed by atoms with Crippen LogP contribution in [-0.4, -0.2) is 27.9 Å². The molecule has 3 amide bonds. The highest BCUT2D eigenvalue weighted by Gasteiger charge is 2.21. The first kappa shape index (κ1) is 34.3. The summed E-state index contributed by atoms with van der Waals surface area (Å²) in [6, 6.07) is 37.7. The SMILES string of the molecule is CCC(Sc1cccc(NC(=O)/C(=C\c2ccc(-c3ccccc3)cc2)NC(=O)c2ccccc2)c1)C(=O)Nc1ccc([N+](=O)[O-])cc1C. The van der Waals surface area contributed by atoms with E-state index in [1.807, 2.05) is 73.7 Å². The number of nitro groups is 1. The third-order valence-electron chi connectivity index (χ3n) is 7.57. The van der Waals surface area contributed by atoms with Crippen LogP contribution in [-0.2, 0) is 9.59 Å². The van der Waals surface area contributed by atoms with Gasteiger partial charge in [0.2, 0.25) is 5.91 Å². The number of aryl methyl sites for hydroxylation is 1. The maximum atomic E-state index is 13.7. The molecular formula is C39H34N4O5S.